The van der Waals surface area contributed by atoms with E-state index in [-0.39, 0.29) is 5.75 Å². The second-order valence-corrected chi connectivity index (χ2v) is 4.63. The maximum absolute atomic E-state index is 12.1. The van der Waals surface area contributed by atoms with Gasteiger partial charge in [0.15, 0.2) is 11.5 Å². The van der Waals surface area contributed by atoms with Crippen LogP contribution in [0.3, 0.4) is 0 Å². The van der Waals surface area contributed by atoms with Gasteiger partial charge in [0.05, 0.1) is 32.7 Å². The first-order valence-corrected chi connectivity index (χ1v) is 6.94. The Morgan fingerprint density at radius 1 is 0.760 bits per heavy atom. The number of benzene rings is 2. The predicted molar refractivity (Wildman–Crippen MR) is 83.4 cm³/mol. The lowest BCUT2D eigenvalue weighted by atomic mass is 10.2. The van der Waals surface area contributed by atoms with E-state index in [1.54, 1.807) is 12.1 Å². The highest BCUT2D eigenvalue weighted by atomic mass is 19.4. The number of ether oxygens (including phenoxy) is 4. The van der Waals surface area contributed by atoms with Crippen molar-refractivity contribution in [2.45, 2.75) is 6.36 Å². The highest BCUT2D eigenvalue weighted by molar-refractivity contribution is 5.60. The topological polar surface area (TPSA) is 61.6 Å². The van der Waals surface area contributed by atoms with Crippen molar-refractivity contribution in [3.8, 4) is 23.0 Å². The minimum atomic E-state index is -4.74. The molecule has 0 aliphatic rings. The molecule has 134 valence electrons. The van der Waals surface area contributed by atoms with Crippen molar-refractivity contribution in [2.24, 2.45) is 10.2 Å². The summed E-state index contributed by atoms with van der Waals surface area (Å²) in [5.41, 5.74) is 0.772. The van der Waals surface area contributed by atoms with E-state index in [4.69, 9.17) is 14.2 Å². The number of alkyl halides is 3. The van der Waals surface area contributed by atoms with E-state index in [1.165, 1.54) is 33.5 Å². The van der Waals surface area contributed by atoms with Gasteiger partial charge in [-0.25, -0.2) is 0 Å². The van der Waals surface area contributed by atoms with Gasteiger partial charge in [0.2, 0.25) is 5.75 Å². The molecule has 0 radical (unpaired) electrons. The molecule has 0 N–H and O–H groups in total. The smallest absolute Gasteiger partial charge is 0.493 e. The molecule has 0 aliphatic heterocycles. The molecule has 0 unspecified atom stereocenters. The molecule has 0 aliphatic carbocycles. The van der Waals surface area contributed by atoms with Gasteiger partial charge in [0.25, 0.3) is 0 Å². The standard InChI is InChI=1S/C16H15F3N2O4/c1-22-13-8-11(9-14(23-2)15(13)24-3)21-20-10-4-6-12(7-5-10)25-16(17,18)19/h4-9H,1-3H3/b21-20+. The first-order valence-electron chi connectivity index (χ1n) is 6.94. The third-order valence-corrected chi connectivity index (χ3v) is 3.00. The Morgan fingerprint density at radius 3 is 1.72 bits per heavy atom. The van der Waals surface area contributed by atoms with Gasteiger partial charge >= 0.3 is 6.36 Å². The van der Waals surface area contributed by atoms with Gasteiger partial charge in [0.1, 0.15) is 5.75 Å². The molecule has 0 heterocycles. The van der Waals surface area contributed by atoms with Gasteiger partial charge in [-0.2, -0.15) is 10.2 Å². The third-order valence-electron chi connectivity index (χ3n) is 3.00. The number of methoxy groups -OCH3 is 3. The Balaban J connectivity index is 2.21. The minimum Gasteiger partial charge on any atom is -0.493 e. The molecule has 25 heavy (non-hydrogen) atoms. The van der Waals surface area contributed by atoms with Gasteiger partial charge in [-0.3, -0.25) is 0 Å². The van der Waals surface area contributed by atoms with Crippen molar-refractivity contribution in [3.63, 3.8) is 0 Å². The molecule has 0 saturated carbocycles. The quantitative estimate of drug-likeness (QED) is 0.681. The van der Waals surface area contributed by atoms with Gasteiger partial charge < -0.3 is 18.9 Å². The number of rotatable bonds is 6. The number of azo groups is 1. The average molecular weight is 356 g/mol. The Morgan fingerprint density at radius 2 is 1.28 bits per heavy atom. The lowest BCUT2D eigenvalue weighted by Crippen LogP contribution is -2.16. The van der Waals surface area contributed by atoms with Gasteiger partial charge in [0, 0.05) is 12.1 Å². The Kier molecular flexibility index (Phi) is 5.68. The molecular formula is C16H15F3N2O4. The van der Waals surface area contributed by atoms with Crippen LogP contribution in [0.25, 0.3) is 0 Å². The van der Waals surface area contributed by atoms with Crippen molar-refractivity contribution >= 4 is 11.4 Å². The number of hydrogen-bond donors (Lipinski definition) is 0. The third kappa shape index (κ3) is 5.00. The Labute approximate surface area is 141 Å². The lowest BCUT2D eigenvalue weighted by molar-refractivity contribution is -0.274. The molecule has 0 aromatic heterocycles. The van der Waals surface area contributed by atoms with Crippen LogP contribution in [0.2, 0.25) is 0 Å². The van der Waals surface area contributed by atoms with Gasteiger partial charge in [-0.05, 0) is 24.3 Å². The fourth-order valence-corrected chi connectivity index (χ4v) is 1.95. The SMILES string of the molecule is COc1cc(/N=N/c2ccc(OC(F)(F)F)cc2)cc(OC)c1OC. The second-order valence-electron chi connectivity index (χ2n) is 4.63. The Bertz CT molecular complexity index is 721. The monoisotopic (exact) mass is 356 g/mol. The molecule has 0 fully saturated rings. The first-order chi connectivity index (χ1) is 11.9. The average Bonchev–Trinajstić information content (AvgIpc) is 2.58. The van der Waals surface area contributed by atoms with Crippen LogP contribution >= 0.6 is 0 Å². The maximum atomic E-state index is 12.1. The maximum Gasteiger partial charge on any atom is 0.573 e. The highest BCUT2D eigenvalue weighted by Crippen LogP contribution is 2.41. The summed E-state index contributed by atoms with van der Waals surface area (Å²) < 4.78 is 55.7. The zero-order valence-corrected chi connectivity index (χ0v) is 13.6. The fourth-order valence-electron chi connectivity index (χ4n) is 1.95. The summed E-state index contributed by atoms with van der Waals surface area (Å²) in [6, 6.07) is 8.18. The van der Waals surface area contributed by atoms with E-state index < -0.39 is 6.36 Å². The number of hydrogen-bond acceptors (Lipinski definition) is 6. The van der Waals surface area contributed by atoms with E-state index in [0.717, 1.165) is 12.1 Å². The summed E-state index contributed by atoms with van der Waals surface area (Å²) in [5, 5.41) is 7.98. The summed E-state index contributed by atoms with van der Waals surface area (Å²) in [6.45, 7) is 0. The molecule has 0 spiro atoms. The van der Waals surface area contributed by atoms with Crippen molar-refractivity contribution in [1.82, 2.24) is 0 Å². The molecule has 2 aromatic carbocycles. The lowest BCUT2D eigenvalue weighted by Gasteiger charge is -2.12. The zero-order valence-electron chi connectivity index (χ0n) is 13.6. The summed E-state index contributed by atoms with van der Waals surface area (Å²) in [5.74, 6) is 0.895. The van der Waals surface area contributed by atoms with E-state index in [2.05, 4.69) is 15.0 Å². The molecule has 2 aromatic rings. The van der Waals surface area contributed by atoms with Crippen LogP contribution < -0.4 is 18.9 Å². The van der Waals surface area contributed by atoms with Crippen molar-refractivity contribution in [2.75, 3.05) is 21.3 Å². The molecule has 0 atom stereocenters. The normalized spacial score (nSPS) is 11.4. The van der Waals surface area contributed by atoms with Gasteiger partial charge in [-0.1, -0.05) is 0 Å². The molecular weight excluding hydrogens is 341 g/mol. The predicted octanol–water partition coefficient (Wildman–Crippen LogP) is 5.03. The molecule has 9 heteroatoms. The van der Waals surface area contributed by atoms with Crippen LogP contribution in [-0.4, -0.2) is 27.7 Å². The summed E-state index contributed by atoms with van der Waals surface area (Å²) >= 11 is 0. The summed E-state index contributed by atoms with van der Waals surface area (Å²) in [7, 11) is 4.42. The highest BCUT2D eigenvalue weighted by Gasteiger charge is 2.30. The molecule has 0 saturated heterocycles. The zero-order chi connectivity index (χ0) is 18.4. The van der Waals surface area contributed by atoms with E-state index in [0.29, 0.717) is 28.6 Å². The number of nitrogens with zero attached hydrogens (tertiary/aromatic N) is 2. The van der Waals surface area contributed by atoms with E-state index in [1.807, 2.05) is 0 Å². The summed E-state index contributed by atoms with van der Waals surface area (Å²) in [4.78, 5) is 0. The van der Waals surface area contributed by atoms with Crippen molar-refractivity contribution < 1.29 is 32.1 Å². The fraction of sp³-hybridized carbons (Fsp3) is 0.250. The van der Waals surface area contributed by atoms with Crippen LogP contribution in [0, 0.1) is 0 Å². The molecule has 0 bridgehead atoms. The molecule has 2 rings (SSSR count). The summed E-state index contributed by atoms with van der Waals surface area (Å²) in [6.07, 6.45) is -4.74. The first kappa shape index (κ1) is 18.4. The Hall–Kier alpha value is -2.97. The molecule has 0 amide bonds. The minimum absolute atomic E-state index is 0.334. The van der Waals surface area contributed by atoms with Crippen LogP contribution in [0.4, 0.5) is 24.5 Å². The van der Waals surface area contributed by atoms with Crippen LogP contribution in [0.5, 0.6) is 23.0 Å². The van der Waals surface area contributed by atoms with Crippen LogP contribution in [0.15, 0.2) is 46.6 Å². The number of halogens is 3. The van der Waals surface area contributed by atoms with E-state index >= 15 is 0 Å². The van der Waals surface area contributed by atoms with E-state index in [9.17, 15) is 13.2 Å². The van der Waals surface area contributed by atoms with Crippen LogP contribution in [-0.2, 0) is 0 Å². The molecule has 6 nitrogen and oxygen atoms in total. The van der Waals surface area contributed by atoms with Crippen molar-refractivity contribution in [1.29, 1.82) is 0 Å². The van der Waals surface area contributed by atoms with Gasteiger partial charge in [-0.15, -0.1) is 13.2 Å². The second kappa shape index (κ2) is 7.73. The largest absolute Gasteiger partial charge is 0.573 e. The van der Waals surface area contributed by atoms with Crippen molar-refractivity contribution in [3.05, 3.63) is 36.4 Å². The van der Waals surface area contributed by atoms with Crippen LogP contribution in [0.1, 0.15) is 0 Å².